The minimum absolute atomic E-state index is 0.0622. The van der Waals surface area contributed by atoms with Crippen LogP contribution in [-0.4, -0.2) is 38.8 Å². The molecule has 0 bridgehead atoms. The number of esters is 1. The maximum absolute atomic E-state index is 12.5. The van der Waals surface area contributed by atoms with Gasteiger partial charge in [-0.15, -0.1) is 10.2 Å². The number of phenolic OH excluding ortho intramolecular Hbond substituents is 1. The predicted octanol–water partition coefficient (Wildman–Crippen LogP) is 6.38. The third-order valence-corrected chi connectivity index (χ3v) is 5.81. The van der Waals surface area contributed by atoms with Gasteiger partial charge in [0.1, 0.15) is 29.9 Å². The van der Waals surface area contributed by atoms with Gasteiger partial charge >= 0.3 is 5.97 Å². The second-order valence-corrected chi connectivity index (χ2v) is 8.75. The average Bonchev–Trinajstić information content (AvgIpc) is 3.41. The third kappa shape index (κ3) is 9.52. The van der Waals surface area contributed by atoms with Crippen LogP contribution in [0.5, 0.6) is 17.2 Å². The van der Waals surface area contributed by atoms with Crippen LogP contribution in [0.4, 0.5) is 0 Å². The average molecular weight is 493 g/mol. The lowest BCUT2D eigenvalue weighted by Crippen LogP contribution is -2.08. The second kappa shape index (κ2) is 15.3. The minimum atomic E-state index is -0.512. The molecule has 3 rings (SSSR count). The molecule has 8 heteroatoms. The molecule has 0 saturated carbocycles. The fourth-order valence-corrected chi connectivity index (χ4v) is 3.71. The molecular formula is C28H36N4O4. The van der Waals surface area contributed by atoms with Gasteiger partial charge in [0.15, 0.2) is 0 Å². The Morgan fingerprint density at radius 3 is 2.14 bits per heavy atom. The Bertz CT molecular complexity index is 1070. The zero-order valence-electron chi connectivity index (χ0n) is 21.0. The predicted molar refractivity (Wildman–Crippen MR) is 140 cm³/mol. The van der Waals surface area contributed by atoms with E-state index in [2.05, 4.69) is 22.2 Å². The smallest absolute Gasteiger partial charge is 0.343 e. The Kier molecular flexibility index (Phi) is 11.5. The van der Waals surface area contributed by atoms with E-state index >= 15 is 0 Å². The lowest BCUT2D eigenvalue weighted by molar-refractivity contribution is 0.0734. The van der Waals surface area contributed by atoms with Crippen molar-refractivity contribution in [1.82, 2.24) is 14.9 Å². The van der Waals surface area contributed by atoms with Gasteiger partial charge in [0.05, 0.1) is 18.4 Å². The molecule has 0 aliphatic carbocycles. The number of hydrogen-bond acceptors (Lipinski definition) is 7. The lowest BCUT2D eigenvalue weighted by Gasteiger charge is -2.08. The van der Waals surface area contributed by atoms with Gasteiger partial charge in [-0.25, -0.2) is 9.47 Å². The third-order valence-electron chi connectivity index (χ3n) is 5.81. The van der Waals surface area contributed by atoms with Crippen molar-refractivity contribution in [2.75, 3.05) is 6.61 Å². The first kappa shape index (κ1) is 26.9. The molecule has 0 saturated heterocycles. The quantitative estimate of drug-likeness (QED) is 0.108. The second-order valence-electron chi connectivity index (χ2n) is 8.75. The van der Waals surface area contributed by atoms with Crippen LogP contribution in [0.1, 0.15) is 87.1 Å². The van der Waals surface area contributed by atoms with Crippen molar-refractivity contribution in [2.45, 2.75) is 71.1 Å². The summed E-state index contributed by atoms with van der Waals surface area (Å²) in [7, 11) is 0. The number of benzene rings is 2. The topological polar surface area (TPSA) is 98.8 Å². The van der Waals surface area contributed by atoms with Crippen molar-refractivity contribution in [3.63, 3.8) is 0 Å². The Labute approximate surface area is 213 Å². The number of nitrogens with zero attached hydrogens (tertiary/aromatic N) is 4. The van der Waals surface area contributed by atoms with Crippen molar-refractivity contribution in [1.29, 1.82) is 0 Å². The highest BCUT2D eigenvalue weighted by molar-refractivity contribution is 5.91. The van der Waals surface area contributed by atoms with Crippen LogP contribution in [-0.2, 0) is 0 Å². The summed E-state index contributed by atoms with van der Waals surface area (Å²) in [6, 6.07) is 11.5. The van der Waals surface area contributed by atoms with E-state index in [1.54, 1.807) is 36.4 Å². The molecule has 1 N–H and O–H groups in total. The molecule has 192 valence electrons. The van der Waals surface area contributed by atoms with Crippen LogP contribution < -0.4 is 9.47 Å². The number of aromatic nitrogens is 3. The summed E-state index contributed by atoms with van der Waals surface area (Å²) in [4.78, 5) is 12.5. The normalized spacial score (nSPS) is 11.1. The summed E-state index contributed by atoms with van der Waals surface area (Å²) < 4.78 is 12.6. The molecule has 0 amide bonds. The molecule has 0 aliphatic heterocycles. The molecule has 36 heavy (non-hydrogen) atoms. The van der Waals surface area contributed by atoms with E-state index in [0.29, 0.717) is 17.7 Å². The van der Waals surface area contributed by atoms with Crippen LogP contribution >= 0.6 is 0 Å². The van der Waals surface area contributed by atoms with Crippen LogP contribution in [0.3, 0.4) is 0 Å². The molecule has 1 heterocycles. The largest absolute Gasteiger partial charge is 0.507 e. The Balaban J connectivity index is 1.35. The summed E-state index contributed by atoms with van der Waals surface area (Å²) >= 11 is 0. The zero-order valence-corrected chi connectivity index (χ0v) is 21.0. The maximum Gasteiger partial charge on any atom is 0.343 e. The molecule has 8 nitrogen and oxygen atoms in total. The Morgan fingerprint density at radius 2 is 1.50 bits per heavy atom. The van der Waals surface area contributed by atoms with Crippen molar-refractivity contribution < 1.29 is 19.4 Å². The van der Waals surface area contributed by atoms with Gasteiger partial charge in [-0.2, -0.15) is 5.10 Å². The first-order valence-electron chi connectivity index (χ1n) is 12.8. The Hall–Kier alpha value is -3.68. The molecule has 0 aliphatic rings. The number of carbonyl (C=O) groups is 1. The molecule has 2 aromatic carbocycles. The molecule has 0 unspecified atom stereocenters. The fraction of sp³-hybridized carbons (Fsp3) is 0.429. The minimum Gasteiger partial charge on any atom is -0.507 e. The molecule has 0 atom stereocenters. The highest BCUT2D eigenvalue weighted by Gasteiger charge is 2.10. The highest BCUT2D eigenvalue weighted by Crippen LogP contribution is 2.24. The van der Waals surface area contributed by atoms with Crippen LogP contribution in [0.25, 0.3) is 0 Å². The standard InChI is InChI=1S/C28H36N4O4/c1-2-3-4-5-6-7-8-9-10-11-18-35-25-15-12-23(13-16-25)28(34)36-26-17-14-24(27(33)19-26)20-31-32-21-29-30-22-32/h12-17,19-22,33H,2-11,18H2,1H3/b31-20+. The monoisotopic (exact) mass is 492 g/mol. The fourth-order valence-electron chi connectivity index (χ4n) is 3.71. The van der Waals surface area contributed by atoms with Crippen molar-refractivity contribution >= 4 is 12.2 Å². The summed E-state index contributed by atoms with van der Waals surface area (Å²) in [5, 5.41) is 21.6. The van der Waals surface area contributed by atoms with Crippen molar-refractivity contribution in [3.05, 3.63) is 66.2 Å². The van der Waals surface area contributed by atoms with Gasteiger partial charge in [-0.1, -0.05) is 64.7 Å². The van der Waals surface area contributed by atoms with E-state index in [1.165, 1.54) is 87.4 Å². The van der Waals surface area contributed by atoms with Gasteiger partial charge in [-0.05, 0) is 42.8 Å². The number of unbranched alkanes of at least 4 members (excludes halogenated alkanes) is 9. The summed E-state index contributed by atoms with van der Waals surface area (Å²) in [6.45, 7) is 2.92. The molecular weight excluding hydrogens is 456 g/mol. The Morgan fingerprint density at radius 1 is 0.889 bits per heavy atom. The van der Waals surface area contributed by atoms with E-state index in [-0.39, 0.29) is 11.5 Å². The van der Waals surface area contributed by atoms with Gasteiger partial charge in [0.2, 0.25) is 0 Å². The SMILES string of the molecule is CCCCCCCCCCCCOc1ccc(C(=O)Oc2ccc(/C=N/n3cnnc3)c(O)c2)cc1. The summed E-state index contributed by atoms with van der Waals surface area (Å²) in [5.41, 5.74) is 0.867. The van der Waals surface area contributed by atoms with E-state index in [0.717, 1.165) is 12.2 Å². The van der Waals surface area contributed by atoms with Gasteiger partial charge in [-0.3, -0.25) is 0 Å². The molecule has 1 aromatic heterocycles. The highest BCUT2D eigenvalue weighted by atomic mass is 16.5. The molecule has 0 radical (unpaired) electrons. The zero-order chi connectivity index (χ0) is 25.4. The van der Waals surface area contributed by atoms with E-state index < -0.39 is 5.97 Å². The first-order valence-corrected chi connectivity index (χ1v) is 12.8. The van der Waals surface area contributed by atoms with Crippen molar-refractivity contribution in [2.24, 2.45) is 5.10 Å². The van der Waals surface area contributed by atoms with Crippen LogP contribution in [0.2, 0.25) is 0 Å². The van der Waals surface area contributed by atoms with Gasteiger partial charge in [0.25, 0.3) is 0 Å². The van der Waals surface area contributed by atoms with E-state index in [9.17, 15) is 9.90 Å². The number of carbonyl (C=O) groups excluding carboxylic acids is 1. The van der Waals surface area contributed by atoms with Crippen molar-refractivity contribution in [3.8, 4) is 17.2 Å². The lowest BCUT2D eigenvalue weighted by atomic mass is 10.1. The number of rotatable bonds is 16. The summed E-state index contributed by atoms with van der Waals surface area (Å²) in [5.74, 6) is 0.395. The van der Waals surface area contributed by atoms with Crippen LogP contribution in [0.15, 0.2) is 60.2 Å². The van der Waals surface area contributed by atoms with Crippen LogP contribution in [0, 0.1) is 0 Å². The molecule has 0 spiro atoms. The summed E-state index contributed by atoms with van der Waals surface area (Å²) in [6.07, 6.45) is 17.2. The number of hydrogen-bond donors (Lipinski definition) is 1. The van der Waals surface area contributed by atoms with E-state index in [4.69, 9.17) is 9.47 Å². The molecule has 3 aromatic rings. The van der Waals surface area contributed by atoms with Gasteiger partial charge < -0.3 is 14.6 Å². The number of ether oxygens (including phenoxy) is 2. The number of phenols is 1. The van der Waals surface area contributed by atoms with Gasteiger partial charge in [0, 0.05) is 11.6 Å². The number of aromatic hydroxyl groups is 1. The maximum atomic E-state index is 12.5. The van der Waals surface area contributed by atoms with E-state index in [1.807, 2.05) is 0 Å². The molecule has 0 fully saturated rings. The first-order chi connectivity index (χ1) is 17.7.